The molecule has 7 nitrogen and oxygen atoms in total. The predicted molar refractivity (Wildman–Crippen MR) is 109 cm³/mol. The van der Waals surface area contributed by atoms with Crippen LogP contribution in [0.15, 0.2) is 29.4 Å². The van der Waals surface area contributed by atoms with E-state index >= 15 is 0 Å². The number of aromatic nitrogens is 2. The van der Waals surface area contributed by atoms with Gasteiger partial charge in [-0.05, 0) is 32.0 Å². The van der Waals surface area contributed by atoms with Gasteiger partial charge in [-0.1, -0.05) is 0 Å². The van der Waals surface area contributed by atoms with Crippen molar-refractivity contribution >= 4 is 23.7 Å². The fourth-order valence-electron chi connectivity index (χ4n) is 3.34. The number of hydrogen-bond donors (Lipinski definition) is 1. The van der Waals surface area contributed by atoms with Crippen LogP contribution in [-0.4, -0.2) is 60.6 Å². The summed E-state index contributed by atoms with van der Waals surface area (Å²) in [6.07, 6.45) is 3.77. The largest absolute Gasteiger partial charge is 0.378 e. The smallest absolute Gasteiger partial charge is 0.134 e. The number of morpholine rings is 1. The number of hydrogen-bond acceptors (Lipinski definition) is 7. The number of fused-ring (bicyclic) bond motifs is 1. The fourth-order valence-corrected chi connectivity index (χ4v) is 3.34. The maximum Gasteiger partial charge on any atom is 0.134 e. The minimum Gasteiger partial charge on any atom is -0.378 e. The first-order valence-electron chi connectivity index (χ1n) is 9.44. The summed E-state index contributed by atoms with van der Waals surface area (Å²) in [4.78, 5) is 18.5. The van der Waals surface area contributed by atoms with Gasteiger partial charge in [0.15, 0.2) is 0 Å². The van der Waals surface area contributed by atoms with Crippen LogP contribution in [-0.2, 0) is 11.3 Å². The molecule has 0 aliphatic carbocycles. The van der Waals surface area contributed by atoms with E-state index < -0.39 is 0 Å². The van der Waals surface area contributed by atoms with Crippen LogP contribution in [0.1, 0.15) is 19.4 Å². The molecule has 0 spiro atoms. The van der Waals surface area contributed by atoms with Gasteiger partial charge in [0.1, 0.15) is 11.6 Å². The molecule has 7 heteroatoms. The van der Waals surface area contributed by atoms with Crippen molar-refractivity contribution in [1.82, 2.24) is 14.9 Å². The molecule has 1 N–H and O–H groups in total. The Kier molecular flexibility index (Phi) is 4.94. The third kappa shape index (κ3) is 3.88. The summed E-state index contributed by atoms with van der Waals surface area (Å²) in [5.41, 5.74) is 3.99. The number of nitrogens with zero attached hydrogens (tertiary/aromatic N) is 5. The highest BCUT2D eigenvalue weighted by atomic mass is 16.5. The zero-order chi connectivity index (χ0) is 18.8. The Bertz CT molecular complexity index is 827. The van der Waals surface area contributed by atoms with Crippen LogP contribution in [0.25, 0.3) is 11.3 Å². The van der Waals surface area contributed by atoms with Crippen LogP contribution >= 0.6 is 0 Å². The van der Waals surface area contributed by atoms with Gasteiger partial charge in [0.25, 0.3) is 0 Å². The third-order valence-electron chi connectivity index (χ3n) is 4.71. The molecule has 2 aliphatic heterocycles. The molecule has 1 fully saturated rings. The minimum absolute atomic E-state index is 0.301. The minimum atomic E-state index is 0.301. The maximum absolute atomic E-state index is 5.42. The second-order valence-corrected chi connectivity index (χ2v) is 7.32. The lowest BCUT2D eigenvalue weighted by Gasteiger charge is -2.27. The highest BCUT2D eigenvalue weighted by Crippen LogP contribution is 2.34. The lowest BCUT2D eigenvalue weighted by Crippen LogP contribution is -2.36. The highest BCUT2D eigenvalue weighted by molar-refractivity contribution is 5.76. The van der Waals surface area contributed by atoms with Crippen molar-refractivity contribution in [3.8, 4) is 11.3 Å². The van der Waals surface area contributed by atoms with Crippen LogP contribution in [0.5, 0.6) is 0 Å². The molecule has 0 amide bonds. The topological polar surface area (TPSA) is 65.9 Å². The van der Waals surface area contributed by atoms with Gasteiger partial charge in [-0.2, -0.15) is 0 Å². The molecule has 0 aromatic carbocycles. The van der Waals surface area contributed by atoms with Gasteiger partial charge in [-0.25, -0.2) is 15.0 Å². The molecule has 1 saturated heterocycles. The molecule has 0 unspecified atom stereocenters. The number of pyridine rings is 2. The first kappa shape index (κ1) is 17.7. The van der Waals surface area contributed by atoms with Crippen molar-refractivity contribution in [3.05, 3.63) is 30.0 Å². The van der Waals surface area contributed by atoms with Crippen molar-refractivity contribution in [3.63, 3.8) is 0 Å². The molecular weight excluding hydrogens is 340 g/mol. The van der Waals surface area contributed by atoms with E-state index in [1.807, 2.05) is 19.6 Å². The van der Waals surface area contributed by atoms with Crippen LogP contribution in [0.3, 0.4) is 0 Å². The van der Waals surface area contributed by atoms with Crippen LogP contribution < -0.4 is 10.2 Å². The van der Waals surface area contributed by atoms with Gasteiger partial charge < -0.3 is 19.9 Å². The zero-order valence-corrected chi connectivity index (χ0v) is 16.1. The SMILES string of the molecule is CC(C)Nc1nc(-c2ccc(N3CCOCC3)nc2)cc2c1CN(C)C=N2. The molecule has 0 atom stereocenters. The lowest BCUT2D eigenvalue weighted by molar-refractivity contribution is 0.122. The van der Waals surface area contributed by atoms with Crippen molar-refractivity contribution < 1.29 is 4.74 Å². The summed E-state index contributed by atoms with van der Waals surface area (Å²) in [7, 11) is 2.02. The van der Waals surface area contributed by atoms with E-state index in [0.717, 1.165) is 67.0 Å². The first-order chi connectivity index (χ1) is 13.1. The van der Waals surface area contributed by atoms with Gasteiger partial charge in [0.2, 0.25) is 0 Å². The summed E-state index contributed by atoms with van der Waals surface area (Å²) in [5, 5.41) is 3.47. The summed E-state index contributed by atoms with van der Waals surface area (Å²) < 4.78 is 5.42. The van der Waals surface area contributed by atoms with Gasteiger partial charge in [-0.15, -0.1) is 0 Å². The Morgan fingerprint density at radius 2 is 2.00 bits per heavy atom. The molecule has 4 heterocycles. The van der Waals surface area contributed by atoms with E-state index in [-0.39, 0.29) is 0 Å². The predicted octanol–water partition coefficient (Wildman–Crippen LogP) is 2.91. The average Bonchev–Trinajstić information content (AvgIpc) is 2.68. The quantitative estimate of drug-likeness (QED) is 0.898. The van der Waals surface area contributed by atoms with E-state index in [2.05, 4.69) is 57.1 Å². The number of anilines is 2. The van der Waals surface area contributed by atoms with Gasteiger partial charge in [0.05, 0.1) is 30.9 Å². The molecule has 2 aliphatic rings. The van der Waals surface area contributed by atoms with Crippen LogP contribution in [0, 0.1) is 0 Å². The number of nitrogens with one attached hydrogen (secondary N) is 1. The van der Waals surface area contributed by atoms with E-state index in [1.165, 1.54) is 0 Å². The third-order valence-corrected chi connectivity index (χ3v) is 4.71. The molecule has 142 valence electrons. The summed E-state index contributed by atoms with van der Waals surface area (Å²) in [6.45, 7) is 8.32. The van der Waals surface area contributed by atoms with E-state index in [0.29, 0.717) is 6.04 Å². The lowest BCUT2D eigenvalue weighted by atomic mass is 10.1. The van der Waals surface area contributed by atoms with Crippen LogP contribution in [0.2, 0.25) is 0 Å². The average molecular weight is 366 g/mol. The molecule has 4 rings (SSSR count). The monoisotopic (exact) mass is 366 g/mol. The molecule has 0 saturated carbocycles. The van der Waals surface area contributed by atoms with E-state index in [4.69, 9.17) is 9.72 Å². The molecule has 27 heavy (non-hydrogen) atoms. The van der Waals surface area contributed by atoms with Crippen LogP contribution in [0.4, 0.5) is 17.3 Å². The molecule has 0 radical (unpaired) electrons. The molecular formula is C20H26N6O. The maximum atomic E-state index is 5.42. The Labute approximate surface area is 160 Å². The Morgan fingerprint density at radius 3 is 2.70 bits per heavy atom. The van der Waals surface area contributed by atoms with E-state index in [1.54, 1.807) is 0 Å². The second kappa shape index (κ2) is 7.52. The second-order valence-electron chi connectivity index (χ2n) is 7.32. The number of rotatable bonds is 4. The van der Waals surface area contributed by atoms with Crippen molar-refractivity contribution in [1.29, 1.82) is 0 Å². The molecule has 2 aromatic rings. The fraction of sp³-hybridized carbons (Fsp3) is 0.450. The standard InChI is InChI=1S/C20H26N6O/c1-14(2)23-20-16-12-25(3)13-22-18(16)10-17(24-20)15-4-5-19(21-11-15)26-6-8-27-9-7-26/h4-5,10-11,13-14H,6-9,12H2,1-3H3,(H,23,24). The van der Waals surface area contributed by atoms with Crippen molar-refractivity contribution in [2.24, 2.45) is 4.99 Å². The van der Waals surface area contributed by atoms with Crippen molar-refractivity contribution in [2.75, 3.05) is 43.6 Å². The van der Waals surface area contributed by atoms with Gasteiger partial charge in [0, 0.05) is 50.0 Å². The zero-order valence-electron chi connectivity index (χ0n) is 16.1. The Morgan fingerprint density at radius 1 is 1.19 bits per heavy atom. The number of ether oxygens (including phenoxy) is 1. The molecule has 0 bridgehead atoms. The van der Waals surface area contributed by atoms with Gasteiger partial charge >= 0.3 is 0 Å². The summed E-state index contributed by atoms with van der Waals surface area (Å²) >= 11 is 0. The van der Waals surface area contributed by atoms with Gasteiger partial charge in [-0.3, -0.25) is 0 Å². The first-order valence-corrected chi connectivity index (χ1v) is 9.44. The normalized spacial score (nSPS) is 16.6. The highest BCUT2D eigenvalue weighted by Gasteiger charge is 2.18. The number of aliphatic imine (C=N–C) groups is 1. The Balaban J connectivity index is 1.66. The molecule has 2 aromatic heterocycles. The summed E-state index contributed by atoms with van der Waals surface area (Å²) in [6, 6.07) is 6.50. The Hall–Kier alpha value is -2.67. The van der Waals surface area contributed by atoms with Crippen molar-refractivity contribution in [2.45, 2.75) is 26.4 Å². The van der Waals surface area contributed by atoms with E-state index in [9.17, 15) is 0 Å². The summed E-state index contributed by atoms with van der Waals surface area (Å²) in [5.74, 6) is 1.89.